The van der Waals surface area contributed by atoms with E-state index in [1.54, 1.807) is 0 Å². The number of rotatable bonds is 4. The van der Waals surface area contributed by atoms with Gasteiger partial charge in [0.05, 0.1) is 10.9 Å². The van der Waals surface area contributed by atoms with Crippen LogP contribution in [0.15, 0.2) is 22.7 Å². The molecule has 0 radical (unpaired) electrons. The minimum Gasteiger partial charge on any atom is -0.419 e. The molecule has 0 unspecified atom stereocenters. The molecule has 0 atom stereocenters. The minimum absolute atomic E-state index is 0.00723. The quantitative estimate of drug-likeness (QED) is 0.385. The molecule has 0 bridgehead atoms. The van der Waals surface area contributed by atoms with Gasteiger partial charge in [-0.15, -0.1) is 0 Å². The van der Waals surface area contributed by atoms with Crippen LogP contribution >= 0.6 is 0 Å². The zero-order valence-corrected chi connectivity index (χ0v) is 15.1. The van der Waals surface area contributed by atoms with E-state index in [1.807, 2.05) is 0 Å². The van der Waals surface area contributed by atoms with Gasteiger partial charge in [-0.1, -0.05) is 6.07 Å². The molecule has 0 amide bonds. The maximum Gasteiger partial charge on any atom is 0.491 e. The monoisotopic (exact) mass is 431 g/mol. The smallest absolute Gasteiger partial charge is 0.419 e. The standard InChI is InChI=1S/C17H14F5N5O3/c18-13(19)12-11-9(2-1-3-10(11)29-15(28)17(20,21)22)27(25-12)16-24-14(30-26-16)8-4-6-23-7-5-8/h1-3,8,13,23H,4-7H2. The van der Waals surface area contributed by atoms with Crippen molar-refractivity contribution in [2.24, 2.45) is 0 Å². The Hall–Kier alpha value is -3.09. The van der Waals surface area contributed by atoms with Gasteiger partial charge in [0.25, 0.3) is 12.4 Å². The Bertz CT molecular complexity index is 1070. The number of nitrogens with one attached hydrogen (secondary N) is 1. The molecule has 160 valence electrons. The summed E-state index contributed by atoms with van der Waals surface area (Å²) in [7, 11) is 0. The Morgan fingerprint density at radius 2 is 2.00 bits per heavy atom. The number of carbonyl (C=O) groups excluding carboxylic acids is 1. The third-order valence-electron chi connectivity index (χ3n) is 4.65. The van der Waals surface area contributed by atoms with Crippen molar-refractivity contribution in [2.75, 3.05) is 13.1 Å². The van der Waals surface area contributed by atoms with Crippen molar-refractivity contribution in [3.8, 4) is 11.7 Å². The van der Waals surface area contributed by atoms with Gasteiger partial charge in [-0.25, -0.2) is 13.6 Å². The highest BCUT2D eigenvalue weighted by molar-refractivity contribution is 5.92. The fraction of sp³-hybridized carbons (Fsp3) is 0.412. The Labute approximate surface area is 165 Å². The predicted octanol–water partition coefficient (Wildman–Crippen LogP) is 3.28. The van der Waals surface area contributed by atoms with Crippen molar-refractivity contribution in [3.05, 3.63) is 29.8 Å². The summed E-state index contributed by atoms with van der Waals surface area (Å²) in [6, 6.07) is 3.53. The van der Waals surface area contributed by atoms with Crippen LogP contribution in [0.5, 0.6) is 5.75 Å². The fourth-order valence-corrected chi connectivity index (χ4v) is 3.26. The summed E-state index contributed by atoms with van der Waals surface area (Å²) in [5, 5.41) is 10.3. The number of esters is 1. The molecule has 30 heavy (non-hydrogen) atoms. The largest absolute Gasteiger partial charge is 0.491 e. The van der Waals surface area contributed by atoms with E-state index in [2.05, 4.69) is 25.3 Å². The number of piperidine rings is 1. The van der Waals surface area contributed by atoms with E-state index in [0.717, 1.165) is 36.7 Å². The summed E-state index contributed by atoms with van der Waals surface area (Å²) in [5.41, 5.74) is -0.931. The average Bonchev–Trinajstić information content (AvgIpc) is 3.33. The van der Waals surface area contributed by atoms with Crippen molar-refractivity contribution in [3.63, 3.8) is 0 Å². The number of hydrogen-bond donors (Lipinski definition) is 1. The SMILES string of the molecule is O=C(Oc1cccc2c1c(C(F)F)nn2-c1noc(C2CCNCC2)n1)C(F)(F)F. The second-order valence-electron chi connectivity index (χ2n) is 6.59. The number of hydrogen-bond acceptors (Lipinski definition) is 7. The third kappa shape index (κ3) is 3.72. The summed E-state index contributed by atoms with van der Waals surface area (Å²) in [5.74, 6) is -3.07. The number of benzene rings is 1. The second kappa shape index (κ2) is 7.63. The van der Waals surface area contributed by atoms with Crippen molar-refractivity contribution >= 4 is 16.9 Å². The van der Waals surface area contributed by atoms with Crippen LogP contribution in [0.3, 0.4) is 0 Å². The molecule has 1 aliphatic rings. The lowest BCUT2D eigenvalue weighted by molar-refractivity contribution is -0.189. The van der Waals surface area contributed by atoms with Crippen molar-refractivity contribution in [1.82, 2.24) is 25.2 Å². The first kappa shape index (κ1) is 20.2. The number of fused-ring (bicyclic) bond motifs is 1. The molecule has 1 aliphatic heterocycles. The molecule has 4 rings (SSSR count). The van der Waals surface area contributed by atoms with E-state index in [4.69, 9.17) is 4.52 Å². The average molecular weight is 431 g/mol. The van der Waals surface area contributed by atoms with E-state index in [9.17, 15) is 26.7 Å². The summed E-state index contributed by atoms with van der Waals surface area (Å²) in [4.78, 5) is 15.4. The highest BCUT2D eigenvalue weighted by atomic mass is 19.4. The number of ether oxygens (including phenoxy) is 1. The van der Waals surface area contributed by atoms with Gasteiger partial charge in [-0.05, 0) is 43.2 Å². The van der Waals surface area contributed by atoms with E-state index in [0.29, 0.717) is 5.89 Å². The highest BCUT2D eigenvalue weighted by Gasteiger charge is 2.42. The second-order valence-corrected chi connectivity index (χ2v) is 6.59. The summed E-state index contributed by atoms with van der Waals surface area (Å²) < 4.78 is 75.3. The first-order valence-corrected chi connectivity index (χ1v) is 8.89. The lowest BCUT2D eigenvalue weighted by Crippen LogP contribution is -2.28. The van der Waals surface area contributed by atoms with Crippen LogP contribution in [-0.2, 0) is 4.79 Å². The number of halogens is 5. The Kier molecular flexibility index (Phi) is 5.13. The molecule has 1 saturated heterocycles. The molecule has 2 aromatic heterocycles. The van der Waals surface area contributed by atoms with Gasteiger partial charge in [0.15, 0.2) is 0 Å². The first-order chi connectivity index (χ1) is 14.3. The maximum atomic E-state index is 13.6. The van der Waals surface area contributed by atoms with Crippen molar-refractivity contribution in [1.29, 1.82) is 0 Å². The molecule has 0 spiro atoms. The maximum absolute atomic E-state index is 13.6. The van der Waals surface area contributed by atoms with Crippen LogP contribution in [0, 0.1) is 0 Å². The number of aromatic nitrogens is 4. The van der Waals surface area contributed by atoms with Gasteiger partial charge in [0, 0.05) is 5.92 Å². The first-order valence-electron chi connectivity index (χ1n) is 8.89. The fourth-order valence-electron chi connectivity index (χ4n) is 3.26. The van der Waals surface area contributed by atoms with E-state index >= 15 is 0 Å². The normalized spacial score (nSPS) is 15.8. The van der Waals surface area contributed by atoms with Crippen molar-refractivity contribution < 1.29 is 36.0 Å². The molecule has 1 N–H and O–H groups in total. The van der Waals surface area contributed by atoms with E-state index < -0.39 is 35.4 Å². The van der Waals surface area contributed by atoms with Gasteiger partial charge < -0.3 is 14.6 Å². The molecule has 3 aromatic rings. The highest BCUT2D eigenvalue weighted by Crippen LogP contribution is 2.36. The molecule has 3 heterocycles. The molecule has 0 aliphatic carbocycles. The Morgan fingerprint density at radius 1 is 1.27 bits per heavy atom. The third-order valence-corrected chi connectivity index (χ3v) is 4.65. The van der Waals surface area contributed by atoms with Crippen LogP contribution in [0.25, 0.3) is 16.9 Å². The molecule has 8 nitrogen and oxygen atoms in total. The number of carbonyl (C=O) groups is 1. The molecule has 0 saturated carbocycles. The van der Waals surface area contributed by atoms with Crippen molar-refractivity contribution in [2.45, 2.75) is 31.4 Å². The minimum atomic E-state index is -5.29. The molecule has 13 heteroatoms. The summed E-state index contributed by atoms with van der Waals surface area (Å²) >= 11 is 0. The van der Waals surface area contributed by atoms with Crippen LogP contribution in [0.1, 0.15) is 36.8 Å². The molecular formula is C17H14F5N5O3. The Balaban J connectivity index is 1.77. The Morgan fingerprint density at radius 3 is 2.67 bits per heavy atom. The van der Waals surface area contributed by atoms with Gasteiger partial charge in [-0.2, -0.15) is 27.9 Å². The summed E-state index contributed by atoms with van der Waals surface area (Å²) in [6.07, 6.45) is -6.95. The summed E-state index contributed by atoms with van der Waals surface area (Å²) in [6.45, 7) is 1.52. The topological polar surface area (TPSA) is 95.1 Å². The van der Waals surface area contributed by atoms with E-state index in [1.165, 1.54) is 12.1 Å². The molecule has 1 fully saturated rings. The van der Waals surface area contributed by atoms with Crippen LogP contribution < -0.4 is 10.1 Å². The van der Waals surface area contributed by atoms with Crippen LogP contribution in [0.2, 0.25) is 0 Å². The van der Waals surface area contributed by atoms with Gasteiger partial charge in [0.2, 0.25) is 5.89 Å². The molecular weight excluding hydrogens is 417 g/mol. The lowest BCUT2D eigenvalue weighted by Gasteiger charge is -2.18. The lowest BCUT2D eigenvalue weighted by atomic mass is 9.98. The van der Waals surface area contributed by atoms with Gasteiger partial charge in [-0.3, -0.25) is 0 Å². The zero-order chi connectivity index (χ0) is 21.5. The van der Waals surface area contributed by atoms with Gasteiger partial charge >= 0.3 is 12.1 Å². The number of alkyl halides is 5. The number of nitrogens with zero attached hydrogens (tertiary/aromatic N) is 4. The van der Waals surface area contributed by atoms with Crippen LogP contribution in [0.4, 0.5) is 22.0 Å². The molecule has 1 aromatic carbocycles. The van der Waals surface area contributed by atoms with Gasteiger partial charge in [0.1, 0.15) is 11.4 Å². The predicted molar refractivity (Wildman–Crippen MR) is 90.4 cm³/mol. The zero-order valence-electron chi connectivity index (χ0n) is 15.1. The van der Waals surface area contributed by atoms with Crippen LogP contribution in [-0.4, -0.2) is 45.2 Å². The van der Waals surface area contributed by atoms with E-state index in [-0.39, 0.29) is 17.4 Å².